The number of carboxylic acids is 1. The predicted octanol–water partition coefficient (Wildman–Crippen LogP) is 0.398. The molecule has 0 aliphatic rings. The topological polar surface area (TPSA) is 57.5 Å². The number of carbonyl (C=O) groups is 1. The van der Waals surface area contributed by atoms with Gasteiger partial charge in [0.1, 0.15) is 0 Å². The molecule has 52 valence electrons. The normalized spacial score (nSPS) is 12.3. The van der Waals surface area contributed by atoms with Crippen molar-refractivity contribution in [3.63, 3.8) is 0 Å². The van der Waals surface area contributed by atoms with Gasteiger partial charge in [-0.1, -0.05) is 0 Å². The van der Waals surface area contributed by atoms with Gasteiger partial charge in [0.25, 0.3) is 0 Å². The quantitative estimate of drug-likeness (QED) is 0.532. The highest BCUT2D eigenvalue weighted by molar-refractivity contribution is 5.79. The predicted molar refractivity (Wildman–Crippen MR) is 33.1 cm³/mol. The van der Waals surface area contributed by atoms with Crippen LogP contribution in [0.5, 0.6) is 0 Å². The first-order chi connectivity index (χ1) is 3.92. The van der Waals surface area contributed by atoms with Gasteiger partial charge >= 0.3 is 5.97 Å². The fourth-order valence-electron chi connectivity index (χ4n) is 0.275. The standard InChI is InChI=1S/C6H10O3/c1-6(2,9)4-3-5(7)8/h3-4,9H,1-2H3,(H,7,8)/b4-3-. The van der Waals surface area contributed by atoms with E-state index in [4.69, 9.17) is 10.2 Å². The minimum Gasteiger partial charge on any atom is -0.478 e. The first-order valence-corrected chi connectivity index (χ1v) is 2.56. The van der Waals surface area contributed by atoms with Crippen LogP contribution >= 0.6 is 0 Å². The molecule has 0 aliphatic heterocycles. The summed E-state index contributed by atoms with van der Waals surface area (Å²) >= 11 is 0. The smallest absolute Gasteiger partial charge is 0.328 e. The van der Waals surface area contributed by atoms with Gasteiger partial charge < -0.3 is 10.2 Å². The second-order valence-electron chi connectivity index (χ2n) is 2.33. The molecule has 0 spiro atoms. The van der Waals surface area contributed by atoms with E-state index in [1.807, 2.05) is 0 Å². The summed E-state index contributed by atoms with van der Waals surface area (Å²) in [6.07, 6.45) is 2.13. The Hall–Kier alpha value is -0.830. The van der Waals surface area contributed by atoms with Gasteiger partial charge in [-0.05, 0) is 19.9 Å². The molecule has 0 aromatic rings. The maximum absolute atomic E-state index is 9.85. The zero-order valence-corrected chi connectivity index (χ0v) is 5.46. The zero-order valence-electron chi connectivity index (χ0n) is 5.46. The minimum atomic E-state index is -1.04. The number of rotatable bonds is 2. The Morgan fingerprint density at radius 1 is 1.56 bits per heavy atom. The SMILES string of the molecule is CC(C)(O)/C=C\C(=O)O. The van der Waals surface area contributed by atoms with Gasteiger partial charge in [0.2, 0.25) is 0 Å². The summed E-state index contributed by atoms with van der Waals surface area (Å²) in [4.78, 5) is 9.85. The van der Waals surface area contributed by atoms with Crippen LogP contribution in [0.1, 0.15) is 13.8 Å². The Labute approximate surface area is 53.6 Å². The van der Waals surface area contributed by atoms with Gasteiger partial charge in [-0.3, -0.25) is 0 Å². The van der Waals surface area contributed by atoms with Crippen molar-refractivity contribution in [3.8, 4) is 0 Å². The van der Waals surface area contributed by atoms with Crippen LogP contribution in [-0.2, 0) is 4.79 Å². The molecular formula is C6H10O3. The van der Waals surface area contributed by atoms with E-state index in [-0.39, 0.29) is 0 Å². The van der Waals surface area contributed by atoms with E-state index < -0.39 is 11.6 Å². The average Bonchev–Trinajstić information content (AvgIpc) is 1.59. The molecule has 0 saturated heterocycles. The molecular weight excluding hydrogens is 120 g/mol. The van der Waals surface area contributed by atoms with Crippen molar-refractivity contribution in [2.45, 2.75) is 19.4 Å². The molecule has 2 N–H and O–H groups in total. The largest absolute Gasteiger partial charge is 0.478 e. The average molecular weight is 130 g/mol. The molecule has 9 heavy (non-hydrogen) atoms. The molecule has 0 unspecified atom stereocenters. The Balaban J connectivity index is 3.86. The lowest BCUT2D eigenvalue weighted by atomic mass is 10.1. The lowest BCUT2D eigenvalue weighted by Crippen LogP contribution is -2.14. The van der Waals surface area contributed by atoms with Crippen molar-refractivity contribution >= 4 is 5.97 Å². The summed E-state index contributed by atoms with van der Waals surface area (Å²) in [6, 6.07) is 0. The summed E-state index contributed by atoms with van der Waals surface area (Å²) in [5.41, 5.74) is -1.03. The van der Waals surface area contributed by atoms with Crippen LogP contribution in [0.15, 0.2) is 12.2 Å². The van der Waals surface area contributed by atoms with Gasteiger partial charge in [0.15, 0.2) is 0 Å². The van der Waals surface area contributed by atoms with Crippen molar-refractivity contribution in [2.24, 2.45) is 0 Å². The van der Waals surface area contributed by atoms with E-state index in [0.717, 1.165) is 6.08 Å². The molecule has 0 bridgehead atoms. The van der Waals surface area contributed by atoms with E-state index >= 15 is 0 Å². The molecule has 0 saturated carbocycles. The number of carboxylic acid groups (broad SMARTS) is 1. The van der Waals surface area contributed by atoms with E-state index in [0.29, 0.717) is 0 Å². The van der Waals surface area contributed by atoms with Crippen LogP contribution < -0.4 is 0 Å². The van der Waals surface area contributed by atoms with Crippen LogP contribution in [0.4, 0.5) is 0 Å². The Morgan fingerprint density at radius 3 is 2.11 bits per heavy atom. The van der Waals surface area contributed by atoms with Crippen LogP contribution in [0.3, 0.4) is 0 Å². The third-order valence-corrected chi connectivity index (χ3v) is 0.634. The van der Waals surface area contributed by atoms with Crippen LogP contribution in [-0.4, -0.2) is 21.8 Å². The Morgan fingerprint density at radius 2 is 2.00 bits per heavy atom. The Bertz CT molecular complexity index is 130. The van der Waals surface area contributed by atoms with E-state index in [9.17, 15) is 4.79 Å². The zero-order chi connectivity index (χ0) is 7.49. The minimum absolute atomic E-state index is 0.917. The lowest BCUT2D eigenvalue weighted by Gasteiger charge is -2.08. The summed E-state index contributed by atoms with van der Waals surface area (Å²) in [5, 5.41) is 17.0. The molecule has 0 atom stereocenters. The second-order valence-corrected chi connectivity index (χ2v) is 2.33. The molecule has 0 heterocycles. The van der Waals surface area contributed by atoms with Gasteiger partial charge in [-0.15, -0.1) is 0 Å². The highest BCUT2D eigenvalue weighted by atomic mass is 16.4. The van der Waals surface area contributed by atoms with Crippen molar-refractivity contribution < 1.29 is 15.0 Å². The third kappa shape index (κ3) is 7.17. The molecule has 0 aromatic carbocycles. The van der Waals surface area contributed by atoms with E-state index in [2.05, 4.69) is 0 Å². The molecule has 0 aliphatic carbocycles. The molecule has 0 amide bonds. The molecule has 3 nitrogen and oxygen atoms in total. The third-order valence-electron chi connectivity index (χ3n) is 0.634. The van der Waals surface area contributed by atoms with Crippen molar-refractivity contribution in [2.75, 3.05) is 0 Å². The first-order valence-electron chi connectivity index (χ1n) is 2.56. The number of hydrogen-bond donors (Lipinski definition) is 2. The second kappa shape index (κ2) is 2.64. The molecule has 0 radical (unpaired) electrons. The van der Waals surface area contributed by atoms with Crippen molar-refractivity contribution in [3.05, 3.63) is 12.2 Å². The summed E-state index contributed by atoms with van der Waals surface area (Å²) < 4.78 is 0. The van der Waals surface area contributed by atoms with E-state index in [1.165, 1.54) is 19.9 Å². The molecule has 3 heteroatoms. The van der Waals surface area contributed by atoms with Gasteiger partial charge in [-0.25, -0.2) is 4.79 Å². The van der Waals surface area contributed by atoms with E-state index in [1.54, 1.807) is 0 Å². The molecule has 0 rings (SSSR count). The summed E-state index contributed by atoms with van der Waals surface area (Å²) in [5.74, 6) is -1.04. The maximum Gasteiger partial charge on any atom is 0.328 e. The van der Waals surface area contributed by atoms with Crippen molar-refractivity contribution in [1.82, 2.24) is 0 Å². The summed E-state index contributed by atoms with van der Waals surface area (Å²) in [6.45, 7) is 3.01. The maximum atomic E-state index is 9.85. The monoisotopic (exact) mass is 130 g/mol. The number of aliphatic hydroxyl groups is 1. The van der Waals surface area contributed by atoms with Gasteiger partial charge in [0, 0.05) is 6.08 Å². The summed E-state index contributed by atoms with van der Waals surface area (Å²) in [7, 11) is 0. The molecule has 0 fully saturated rings. The van der Waals surface area contributed by atoms with Crippen LogP contribution in [0.25, 0.3) is 0 Å². The lowest BCUT2D eigenvalue weighted by molar-refractivity contribution is -0.131. The van der Waals surface area contributed by atoms with Gasteiger partial charge in [-0.2, -0.15) is 0 Å². The molecule has 0 aromatic heterocycles. The highest BCUT2D eigenvalue weighted by Gasteiger charge is 2.06. The fraction of sp³-hybridized carbons (Fsp3) is 0.500. The Kier molecular flexibility index (Phi) is 2.40. The first kappa shape index (κ1) is 8.17. The highest BCUT2D eigenvalue weighted by Crippen LogP contribution is 2.01. The number of hydrogen-bond acceptors (Lipinski definition) is 2. The van der Waals surface area contributed by atoms with Crippen molar-refractivity contribution in [1.29, 1.82) is 0 Å². The fourth-order valence-corrected chi connectivity index (χ4v) is 0.275. The van der Waals surface area contributed by atoms with Gasteiger partial charge in [0.05, 0.1) is 5.60 Å². The van der Waals surface area contributed by atoms with Crippen LogP contribution in [0.2, 0.25) is 0 Å². The number of aliphatic carboxylic acids is 1. The van der Waals surface area contributed by atoms with Crippen LogP contribution in [0, 0.1) is 0 Å².